The van der Waals surface area contributed by atoms with Crippen LogP contribution in [0, 0.1) is 0 Å². The van der Waals surface area contributed by atoms with Crippen molar-refractivity contribution in [2.45, 2.75) is 58.2 Å². The lowest BCUT2D eigenvalue weighted by Gasteiger charge is -2.36. The lowest BCUT2D eigenvalue weighted by atomic mass is 10.0. The Balaban J connectivity index is 1.79. The van der Waals surface area contributed by atoms with Gasteiger partial charge in [-0.3, -0.25) is 14.9 Å². The summed E-state index contributed by atoms with van der Waals surface area (Å²) in [6.07, 6.45) is 6.74. The number of alkyl carbamates (subject to hydrolysis) is 1. The van der Waals surface area contributed by atoms with Crippen LogP contribution in [0.3, 0.4) is 0 Å². The van der Waals surface area contributed by atoms with Crippen LogP contribution >= 0.6 is 0 Å². The van der Waals surface area contributed by atoms with Crippen LogP contribution in [0.25, 0.3) is 0 Å². The summed E-state index contributed by atoms with van der Waals surface area (Å²) in [4.78, 5) is 22.7. The lowest BCUT2D eigenvalue weighted by Crippen LogP contribution is -2.46. The van der Waals surface area contributed by atoms with E-state index < -0.39 is 5.60 Å². The molecule has 0 saturated carbocycles. The zero-order valence-corrected chi connectivity index (χ0v) is 13.9. The van der Waals surface area contributed by atoms with Gasteiger partial charge in [-0.2, -0.15) is 0 Å². The fourth-order valence-corrected chi connectivity index (χ4v) is 2.62. The lowest BCUT2D eigenvalue weighted by molar-refractivity contribution is 0.0469. The second kappa shape index (κ2) is 7.05. The number of nitrogens with zero attached hydrogens (tertiary/aromatic N) is 3. The van der Waals surface area contributed by atoms with Gasteiger partial charge in [-0.25, -0.2) is 4.79 Å². The third kappa shape index (κ3) is 4.94. The normalized spacial score (nSPS) is 18.7. The number of piperidine rings is 1. The minimum absolute atomic E-state index is 0.181. The van der Waals surface area contributed by atoms with E-state index in [0.717, 1.165) is 31.6 Å². The Morgan fingerprint density at radius 3 is 2.59 bits per heavy atom. The van der Waals surface area contributed by atoms with Gasteiger partial charge in [0.2, 0.25) is 0 Å². The molecule has 0 aliphatic carbocycles. The van der Waals surface area contributed by atoms with E-state index in [1.165, 1.54) is 0 Å². The molecule has 6 heteroatoms. The van der Waals surface area contributed by atoms with Crippen LogP contribution in [0.5, 0.6) is 0 Å². The molecule has 0 aromatic carbocycles. The molecule has 1 fully saturated rings. The summed E-state index contributed by atoms with van der Waals surface area (Å²) in [7, 11) is 0. The highest BCUT2D eigenvalue weighted by molar-refractivity contribution is 5.68. The Bertz CT molecular complexity index is 479. The van der Waals surface area contributed by atoms with E-state index in [9.17, 15) is 4.79 Å². The summed E-state index contributed by atoms with van der Waals surface area (Å²) in [6, 6.07) is 0.427. The molecule has 1 amide bonds. The molecule has 2 heterocycles. The number of ether oxygens (including phenoxy) is 1. The first-order chi connectivity index (χ1) is 10.3. The highest BCUT2D eigenvalue weighted by Crippen LogP contribution is 2.22. The van der Waals surface area contributed by atoms with E-state index in [1.807, 2.05) is 27.0 Å². The molecule has 0 spiro atoms. The maximum atomic E-state index is 11.8. The van der Waals surface area contributed by atoms with Crippen LogP contribution in [-0.2, 0) is 4.74 Å². The maximum Gasteiger partial charge on any atom is 0.407 e. The summed E-state index contributed by atoms with van der Waals surface area (Å²) < 4.78 is 5.30. The number of carbonyl (C=O) groups is 1. The highest BCUT2D eigenvalue weighted by Gasteiger charge is 2.26. The Hall–Kier alpha value is -1.69. The molecule has 22 heavy (non-hydrogen) atoms. The highest BCUT2D eigenvalue weighted by atomic mass is 16.6. The minimum atomic E-state index is -0.453. The molecule has 2 rings (SSSR count). The van der Waals surface area contributed by atoms with E-state index in [2.05, 4.69) is 27.1 Å². The molecule has 6 nitrogen and oxygen atoms in total. The van der Waals surface area contributed by atoms with Crippen LogP contribution in [0.1, 0.15) is 52.3 Å². The number of rotatable bonds is 3. The van der Waals surface area contributed by atoms with Crippen molar-refractivity contribution >= 4 is 6.09 Å². The molecule has 0 bridgehead atoms. The van der Waals surface area contributed by atoms with Crippen LogP contribution in [0.15, 0.2) is 18.6 Å². The van der Waals surface area contributed by atoms with Crippen LogP contribution < -0.4 is 5.32 Å². The van der Waals surface area contributed by atoms with Crippen molar-refractivity contribution < 1.29 is 9.53 Å². The van der Waals surface area contributed by atoms with Gasteiger partial charge >= 0.3 is 6.09 Å². The smallest absolute Gasteiger partial charge is 0.407 e. The number of hydrogen-bond acceptors (Lipinski definition) is 5. The number of likely N-dealkylation sites (tertiary alicyclic amines) is 1. The Morgan fingerprint density at radius 1 is 1.36 bits per heavy atom. The maximum absolute atomic E-state index is 11.8. The van der Waals surface area contributed by atoms with Crippen molar-refractivity contribution in [2.24, 2.45) is 0 Å². The predicted octanol–water partition coefficient (Wildman–Crippen LogP) is 2.53. The van der Waals surface area contributed by atoms with Crippen molar-refractivity contribution in [1.82, 2.24) is 20.2 Å². The molecular formula is C16H26N4O2. The second-order valence-electron chi connectivity index (χ2n) is 6.76. The minimum Gasteiger partial charge on any atom is -0.444 e. The summed E-state index contributed by atoms with van der Waals surface area (Å²) in [5.74, 6) is 0. The molecule has 0 radical (unpaired) electrons. The van der Waals surface area contributed by atoms with Gasteiger partial charge in [0.15, 0.2) is 0 Å². The standard InChI is InChI=1S/C16H26N4O2/c1-12(14-11-17-7-8-18-14)20-9-5-13(6-10-20)19-15(21)22-16(2,3)4/h7-8,11-13H,5-6,9-10H2,1-4H3,(H,19,21)/t12-/m0/s1. The van der Waals surface area contributed by atoms with E-state index in [1.54, 1.807) is 12.4 Å². The third-order valence-electron chi connectivity index (χ3n) is 3.81. The van der Waals surface area contributed by atoms with Crippen LogP contribution in [0.2, 0.25) is 0 Å². The van der Waals surface area contributed by atoms with Gasteiger partial charge in [-0.05, 0) is 40.5 Å². The zero-order valence-electron chi connectivity index (χ0n) is 13.9. The Labute approximate surface area is 132 Å². The Kier molecular flexibility index (Phi) is 5.34. The molecule has 122 valence electrons. The van der Waals surface area contributed by atoms with Gasteiger partial charge < -0.3 is 10.1 Å². The number of amides is 1. The first-order valence-corrected chi connectivity index (χ1v) is 7.84. The number of nitrogens with one attached hydrogen (secondary N) is 1. The number of carbonyl (C=O) groups excluding carboxylic acids is 1. The fraction of sp³-hybridized carbons (Fsp3) is 0.688. The van der Waals surface area contributed by atoms with Crippen LogP contribution in [-0.4, -0.2) is 45.7 Å². The number of hydrogen-bond donors (Lipinski definition) is 1. The average Bonchev–Trinajstić information content (AvgIpc) is 2.46. The Morgan fingerprint density at radius 2 is 2.05 bits per heavy atom. The second-order valence-corrected chi connectivity index (χ2v) is 6.76. The predicted molar refractivity (Wildman–Crippen MR) is 84.4 cm³/mol. The molecule has 1 saturated heterocycles. The van der Waals surface area contributed by atoms with Gasteiger partial charge in [-0.1, -0.05) is 0 Å². The van der Waals surface area contributed by atoms with Crippen molar-refractivity contribution in [1.29, 1.82) is 0 Å². The fourth-order valence-electron chi connectivity index (χ4n) is 2.62. The van der Waals surface area contributed by atoms with Gasteiger partial charge in [0.25, 0.3) is 0 Å². The third-order valence-corrected chi connectivity index (χ3v) is 3.81. The van der Waals surface area contributed by atoms with Gasteiger partial charge in [0.1, 0.15) is 5.60 Å². The summed E-state index contributed by atoms with van der Waals surface area (Å²) in [5, 5.41) is 2.96. The molecule has 1 aliphatic rings. The van der Waals surface area contributed by atoms with E-state index >= 15 is 0 Å². The summed E-state index contributed by atoms with van der Waals surface area (Å²) in [6.45, 7) is 9.62. The average molecular weight is 306 g/mol. The number of aromatic nitrogens is 2. The zero-order chi connectivity index (χ0) is 16.2. The van der Waals surface area contributed by atoms with E-state index in [4.69, 9.17) is 4.74 Å². The van der Waals surface area contributed by atoms with Gasteiger partial charge in [0, 0.05) is 37.7 Å². The summed E-state index contributed by atoms with van der Waals surface area (Å²) in [5.41, 5.74) is 0.534. The van der Waals surface area contributed by atoms with E-state index in [-0.39, 0.29) is 18.2 Å². The molecule has 1 aromatic rings. The summed E-state index contributed by atoms with van der Waals surface area (Å²) >= 11 is 0. The first kappa shape index (κ1) is 16.7. The first-order valence-electron chi connectivity index (χ1n) is 7.84. The van der Waals surface area contributed by atoms with Crippen molar-refractivity contribution in [3.8, 4) is 0 Å². The molecule has 1 atom stereocenters. The molecule has 1 aliphatic heterocycles. The van der Waals surface area contributed by atoms with Crippen molar-refractivity contribution in [2.75, 3.05) is 13.1 Å². The van der Waals surface area contributed by atoms with Crippen molar-refractivity contribution in [3.63, 3.8) is 0 Å². The van der Waals surface area contributed by atoms with Crippen LogP contribution in [0.4, 0.5) is 4.79 Å². The van der Waals surface area contributed by atoms with Gasteiger partial charge in [-0.15, -0.1) is 0 Å². The monoisotopic (exact) mass is 306 g/mol. The molecule has 1 N–H and O–H groups in total. The topological polar surface area (TPSA) is 67.4 Å². The van der Waals surface area contributed by atoms with Crippen molar-refractivity contribution in [3.05, 3.63) is 24.3 Å². The molecule has 1 aromatic heterocycles. The molecular weight excluding hydrogens is 280 g/mol. The van der Waals surface area contributed by atoms with Gasteiger partial charge in [0.05, 0.1) is 11.7 Å². The molecule has 0 unspecified atom stereocenters. The largest absolute Gasteiger partial charge is 0.444 e. The SMILES string of the molecule is C[C@@H](c1cnccn1)N1CCC(NC(=O)OC(C)(C)C)CC1. The quantitative estimate of drug-likeness (QED) is 0.929. The van der Waals surface area contributed by atoms with E-state index in [0.29, 0.717) is 0 Å².